The third-order valence-corrected chi connectivity index (χ3v) is 3.76. The van der Waals surface area contributed by atoms with E-state index in [9.17, 15) is 29.8 Å². The molecule has 0 aromatic heterocycles. The first-order valence-corrected chi connectivity index (χ1v) is 8.62. The Morgan fingerprint density at radius 1 is 0.786 bits per heavy atom. The van der Waals surface area contributed by atoms with Crippen molar-refractivity contribution in [3.05, 3.63) is 79.9 Å². The number of benzene rings is 2. The molecule has 2 aromatic rings. The van der Waals surface area contributed by atoms with Crippen molar-refractivity contribution in [2.75, 3.05) is 0 Å². The van der Waals surface area contributed by atoms with E-state index in [2.05, 4.69) is 0 Å². The first-order valence-electron chi connectivity index (χ1n) is 8.62. The van der Waals surface area contributed by atoms with Crippen LogP contribution in [0.5, 0.6) is 0 Å². The molecule has 0 radical (unpaired) electrons. The van der Waals surface area contributed by atoms with E-state index >= 15 is 0 Å². The van der Waals surface area contributed by atoms with Gasteiger partial charge in [0.25, 0.3) is 11.4 Å². The minimum Gasteiger partial charge on any atom is -0.294 e. The first-order chi connectivity index (χ1) is 13.1. The lowest BCUT2D eigenvalue weighted by molar-refractivity contribution is -0.385. The van der Waals surface area contributed by atoms with Crippen LogP contribution in [-0.4, -0.2) is 21.4 Å². The summed E-state index contributed by atoms with van der Waals surface area (Å²) in [5.74, 6) is -0.640. The molecule has 0 aliphatic heterocycles. The number of hydrogen-bond donors (Lipinski definition) is 0. The van der Waals surface area contributed by atoms with Crippen LogP contribution in [-0.2, 0) is 0 Å². The topological polar surface area (TPSA) is 120 Å². The molecule has 0 bridgehead atoms. The van der Waals surface area contributed by atoms with Gasteiger partial charge in [-0.25, -0.2) is 0 Å². The maximum absolute atomic E-state index is 11.6. The number of rotatable bonds is 6. The second-order valence-electron chi connectivity index (χ2n) is 6.62. The van der Waals surface area contributed by atoms with E-state index in [1.54, 1.807) is 45.9 Å². The Labute approximate surface area is 162 Å². The van der Waals surface area contributed by atoms with Crippen molar-refractivity contribution < 1.29 is 19.4 Å². The van der Waals surface area contributed by atoms with Gasteiger partial charge in [-0.05, 0) is 6.07 Å². The fraction of sp³-hybridized carbons (Fsp3) is 0.300. The SMILES string of the molecule is CC(C)C(=O)c1cccc([N+](=O)[O-])c1.CC(C)C(=O)c1ccccc1[N+](=O)[O-]. The minimum absolute atomic E-state index is 0.0449. The monoisotopic (exact) mass is 386 g/mol. The number of carbonyl (C=O) groups is 2. The van der Waals surface area contributed by atoms with E-state index in [0.29, 0.717) is 5.56 Å². The lowest BCUT2D eigenvalue weighted by atomic mass is 10.00. The van der Waals surface area contributed by atoms with Crippen LogP contribution >= 0.6 is 0 Å². The van der Waals surface area contributed by atoms with Gasteiger partial charge < -0.3 is 0 Å². The molecule has 0 fully saturated rings. The lowest BCUT2D eigenvalue weighted by Crippen LogP contribution is -2.09. The zero-order valence-electron chi connectivity index (χ0n) is 16.1. The summed E-state index contributed by atoms with van der Waals surface area (Å²) in [6.45, 7) is 6.97. The molecule has 8 heteroatoms. The van der Waals surface area contributed by atoms with Crippen molar-refractivity contribution >= 4 is 22.9 Å². The molecule has 0 atom stereocenters. The summed E-state index contributed by atoms with van der Waals surface area (Å²) in [4.78, 5) is 43.1. The highest BCUT2D eigenvalue weighted by Crippen LogP contribution is 2.20. The standard InChI is InChI=1S/2C10H11NO3/c1-7(2)10(12)8-4-3-5-9(6-8)11(13)14;1-7(2)10(12)8-5-3-4-6-9(8)11(13)14/h2*3-7H,1-2H3. The predicted octanol–water partition coefficient (Wildman–Crippen LogP) is 4.87. The predicted molar refractivity (Wildman–Crippen MR) is 105 cm³/mol. The van der Waals surface area contributed by atoms with Crippen LogP contribution in [0, 0.1) is 32.1 Å². The maximum Gasteiger partial charge on any atom is 0.280 e. The number of nitrogens with zero attached hydrogens (tertiary/aromatic N) is 2. The van der Waals surface area contributed by atoms with Crippen LogP contribution in [0.3, 0.4) is 0 Å². The number of para-hydroxylation sites is 1. The molecular weight excluding hydrogens is 364 g/mol. The molecule has 0 unspecified atom stereocenters. The van der Waals surface area contributed by atoms with Gasteiger partial charge in [0, 0.05) is 35.6 Å². The van der Waals surface area contributed by atoms with Gasteiger partial charge in [-0.15, -0.1) is 0 Å². The highest BCUT2D eigenvalue weighted by atomic mass is 16.6. The molecule has 2 rings (SSSR count). The molecule has 0 aliphatic rings. The second kappa shape index (κ2) is 10.1. The van der Waals surface area contributed by atoms with Gasteiger partial charge in [-0.1, -0.05) is 52.0 Å². The summed E-state index contributed by atoms with van der Waals surface area (Å²) in [5.41, 5.74) is 0.421. The van der Waals surface area contributed by atoms with E-state index in [1.807, 2.05) is 0 Å². The quantitative estimate of drug-likeness (QED) is 0.397. The van der Waals surface area contributed by atoms with E-state index in [0.717, 1.165) is 0 Å². The van der Waals surface area contributed by atoms with Gasteiger partial charge in [0.1, 0.15) is 0 Å². The zero-order chi connectivity index (χ0) is 21.4. The van der Waals surface area contributed by atoms with E-state index in [1.165, 1.54) is 30.3 Å². The van der Waals surface area contributed by atoms with Gasteiger partial charge in [-0.2, -0.15) is 0 Å². The van der Waals surface area contributed by atoms with Gasteiger partial charge in [0.2, 0.25) is 0 Å². The van der Waals surface area contributed by atoms with Crippen LogP contribution in [0.1, 0.15) is 48.4 Å². The van der Waals surface area contributed by atoms with Crippen molar-refractivity contribution in [2.45, 2.75) is 27.7 Å². The highest BCUT2D eigenvalue weighted by Gasteiger charge is 2.20. The highest BCUT2D eigenvalue weighted by molar-refractivity contribution is 6.01. The maximum atomic E-state index is 11.6. The number of carbonyl (C=O) groups excluding carboxylic acids is 2. The number of Topliss-reactive ketones (excluding diaryl/α,β-unsaturated/α-hetero) is 2. The second-order valence-corrected chi connectivity index (χ2v) is 6.62. The van der Waals surface area contributed by atoms with Gasteiger partial charge >= 0.3 is 0 Å². The molecule has 0 aliphatic carbocycles. The average molecular weight is 386 g/mol. The lowest BCUT2D eigenvalue weighted by Gasteiger charge is -2.03. The molecular formula is C20H22N2O6. The summed E-state index contributed by atoms with van der Waals surface area (Å²) in [6, 6.07) is 11.8. The van der Waals surface area contributed by atoms with Crippen molar-refractivity contribution in [1.82, 2.24) is 0 Å². The molecule has 0 heterocycles. The Balaban J connectivity index is 0.000000280. The fourth-order valence-corrected chi connectivity index (χ4v) is 2.26. The van der Waals surface area contributed by atoms with Crippen LogP contribution in [0.25, 0.3) is 0 Å². The van der Waals surface area contributed by atoms with Crippen molar-refractivity contribution in [3.63, 3.8) is 0 Å². The van der Waals surface area contributed by atoms with Gasteiger partial charge in [-0.3, -0.25) is 29.8 Å². The molecule has 148 valence electrons. The molecule has 28 heavy (non-hydrogen) atoms. The number of nitro benzene ring substituents is 2. The molecule has 0 amide bonds. The summed E-state index contributed by atoms with van der Waals surface area (Å²) in [5, 5.41) is 21.0. The first kappa shape index (κ1) is 22.6. The Hall–Kier alpha value is -3.42. The number of ketones is 2. The summed E-state index contributed by atoms with van der Waals surface area (Å²) in [7, 11) is 0. The average Bonchev–Trinajstić information content (AvgIpc) is 2.67. The van der Waals surface area contributed by atoms with E-state index < -0.39 is 9.85 Å². The fourth-order valence-electron chi connectivity index (χ4n) is 2.26. The molecule has 2 aromatic carbocycles. The van der Waals surface area contributed by atoms with Gasteiger partial charge in [0.05, 0.1) is 15.4 Å². The van der Waals surface area contributed by atoms with Crippen LogP contribution < -0.4 is 0 Å². The summed E-state index contributed by atoms with van der Waals surface area (Å²) < 4.78 is 0. The number of nitro groups is 2. The molecule has 0 saturated carbocycles. The largest absolute Gasteiger partial charge is 0.294 e. The zero-order valence-corrected chi connectivity index (χ0v) is 16.1. The molecule has 0 spiro atoms. The summed E-state index contributed by atoms with van der Waals surface area (Å²) in [6.07, 6.45) is 0. The molecule has 0 N–H and O–H groups in total. The van der Waals surface area contributed by atoms with Crippen molar-refractivity contribution in [2.24, 2.45) is 11.8 Å². The number of non-ortho nitro benzene ring substituents is 1. The normalized spacial score (nSPS) is 10.2. The van der Waals surface area contributed by atoms with E-state index in [-0.39, 0.29) is 40.3 Å². The summed E-state index contributed by atoms with van der Waals surface area (Å²) >= 11 is 0. The number of hydrogen-bond acceptors (Lipinski definition) is 6. The Morgan fingerprint density at radius 3 is 1.86 bits per heavy atom. The Bertz CT molecular complexity index is 890. The van der Waals surface area contributed by atoms with Crippen molar-refractivity contribution in [1.29, 1.82) is 0 Å². The Morgan fingerprint density at radius 2 is 1.36 bits per heavy atom. The van der Waals surface area contributed by atoms with Crippen LogP contribution in [0.15, 0.2) is 48.5 Å². The van der Waals surface area contributed by atoms with Crippen LogP contribution in [0.2, 0.25) is 0 Å². The van der Waals surface area contributed by atoms with Gasteiger partial charge in [0.15, 0.2) is 11.6 Å². The third-order valence-electron chi connectivity index (χ3n) is 3.76. The Kier molecular flexibility index (Phi) is 8.12. The third kappa shape index (κ3) is 6.08. The minimum atomic E-state index is -0.532. The smallest absolute Gasteiger partial charge is 0.280 e. The molecule has 8 nitrogen and oxygen atoms in total. The molecule has 0 saturated heterocycles. The van der Waals surface area contributed by atoms with E-state index in [4.69, 9.17) is 0 Å². The van der Waals surface area contributed by atoms with Crippen molar-refractivity contribution in [3.8, 4) is 0 Å². The van der Waals surface area contributed by atoms with Crippen LogP contribution in [0.4, 0.5) is 11.4 Å².